The molecule has 0 aromatic heterocycles. The van der Waals surface area contributed by atoms with Crippen molar-refractivity contribution in [2.45, 2.75) is 12.8 Å². The summed E-state index contributed by atoms with van der Waals surface area (Å²) in [5, 5.41) is 19.6. The highest BCUT2D eigenvalue weighted by atomic mass is 16.6. The highest BCUT2D eigenvalue weighted by molar-refractivity contribution is 5.89. The molecule has 0 spiro atoms. The van der Waals surface area contributed by atoms with E-state index in [1.807, 2.05) is 24.3 Å². The van der Waals surface area contributed by atoms with Gasteiger partial charge in [0.15, 0.2) is 34.5 Å². The van der Waals surface area contributed by atoms with Gasteiger partial charge >= 0.3 is 5.97 Å². The Hall–Kier alpha value is -4.17. The lowest BCUT2D eigenvalue weighted by atomic mass is 9.85. The molecule has 1 fully saturated rings. The van der Waals surface area contributed by atoms with E-state index in [1.54, 1.807) is 30.3 Å². The smallest absolute Gasteiger partial charge is 0.336 e. The maximum atomic E-state index is 12.4. The van der Waals surface area contributed by atoms with Gasteiger partial charge in [-0.1, -0.05) is 18.2 Å². The molecule has 2 N–H and O–H groups in total. The fourth-order valence-electron chi connectivity index (χ4n) is 4.58. The predicted octanol–water partition coefficient (Wildman–Crippen LogP) is 4.79. The third-order valence-corrected chi connectivity index (χ3v) is 6.62. The lowest BCUT2D eigenvalue weighted by molar-refractivity contribution is -0.129. The molecule has 0 radical (unpaired) electrons. The number of phenolic OH excluding ortho intramolecular Hbond substituents is 2. The number of methoxy groups -OCH3 is 3. The topological polar surface area (TPSA) is 104 Å². The van der Waals surface area contributed by atoms with Gasteiger partial charge in [0.2, 0.25) is 0 Å². The van der Waals surface area contributed by atoms with Crippen LogP contribution in [0.5, 0.6) is 34.5 Å². The Morgan fingerprint density at radius 2 is 1.34 bits per heavy atom. The number of hydrogen-bond donors (Lipinski definition) is 2. The summed E-state index contributed by atoms with van der Waals surface area (Å²) in [6.07, 6.45) is 4.48. The van der Waals surface area contributed by atoms with E-state index < -0.39 is 5.97 Å². The molecular weight excluding hydrogens is 488 g/mol. The second kappa shape index (κ2) is 12.4. The Morgan fingerprint density at radius 1 is 0.789 bits per heavy atom. The Bertz CT molecular complexity index is 1300. The van der Waals surface area contributed by atoms with E-state index in [1.165, 1.54) is 33.5 Å². The molecule has 8 nitrogen and oxygen atoms in total. The minimum atomic E-state index is -0.559. The number of carbonyl (C=O) groups excluding carboxylic acids is 1. The summed E-state index contributed by atoms with van der Waals surface area (Å²) in [5.74, 6) is 1.78. The molecule has 3 aromatic carbocycles. The summed E-state index contributed by atoms with van der Waals surface area (Å²) >= 11 is 0. The minimum absolute atomic E-state index is 0.0214. The van der Waals surface area contributed by atoms with Crippen molar-refractivity contribution in [3.05, 3.63) is 77.4 Å². The molecule has 0 bridgehead atoms. The summed E-state index contributed by atoms with van der Waals surface area (Å²) in [7, 11) is 4.53. The summed E-state index contributed by atoms with van der Waals surface area (Å²) in [5.41, 5.74) is 2.81. The quantitative estimate of drug-likeness (QED) is 0.223. The summed E-state index contributed by atoms with van der Waals surface area (Å²) in [6, 6.07) is 15.7. The van der Waals surface area contributed by atoms with E-state index in [9.17, 15) is 15.0 Å². The number of ether oxygens (including phenoxy) is 5. The normalized spacial score (nSPS) is 16.9. The van der Waals surface area contributed by atoms with Gasteiger partial charge in [-0.15, -0.1) is 0 Å². The van der Waals surface area contributed by atoms with E-state index in [0.29, 0.717) is 53.6 Å². The van der Waals surface area contributed by atoms with E-state index in [4.69, 9.17) is 23.7 Å². The van der Waals surface area contributed by atoms with Gasteiger partial charge in [-0.2, -0.15) is 0 Å². The minimum Gasteiger partial charge on any atom is -0.504 e. The zero-order chi connectivity index (χ0) is 27.1. The van der Waals surface area contributed by atoms with Crippen molar-refractivity contribution in [1.82, 2.24) is 0 Å². The molecule has 3 aromatic rings. The first-order chi connectivity index (χ1) is 18.4. The molecule has 0 unspecified atom stereocenters. The van der Waals surface area contributed by atoms with Gasteiger partial charge < -0.3 is 33.9 Å². The average molecular weight is 521 g/mol. The van der Waals surface area contributed by atoms with Crippen LogP contribution in [0.2, 0.25) is 0 Å². The van der Waals surface area contributed by atoms with Crippen LogP contribution in [0.25, 0.3) is 6.08 Å². The van der Waals surface area contributed by atoms with Crippen molar-refractivity contribution in [3.8, 4) is 34.5 Å². The fourth-order valence-corrected chi connectivity index (χ4v) is 4.58. The molecule has 0 saturated carbocycles. The van der Waals surface area contributed by atoms with Gasteiger partial charge in [0.1, 0.15) is 0 Å². The van der Waals surface area contributed by atoms with E-state index >= 15 is 0 Å². The van der Waals surface area contributed by atoms with Crippen molar-refractivity contribution in [2.75, 3.05) is 34.5 Å². The van der Waals surface area contributed by atoms with E-state index in [0.717, 1.165) is 24.0 Å². The number of phenols is 2. The summed E-state index contributed by atoms with van der Waals surface area (Å²) < 4.78 is 27.1. The van der Waals surface area contributed by atoms with Crippen molar-refractivity contribution in [1.29, 1.82) is 0 Å². The second-order valence-electron chi connectivity index (χ2n) is 9.14. The zero-order valence-electron chi connectivity index (χ0n) is 21.7. The van der Waals surface area contributed by atoms with Crippen molar-refractivity contribution in [3.63, 3.8) is 0 Å². The van der Waals surface area contributed by atoms with Gasteiger partial charge in [-0.25, -0.2) is 4.79 Å². The van der Waals surface area contributed by atoms with Gasteiger partial charge in [0.05, 0.1) is 34.5 Å². The third-order valence-electron chi connectivity index (χ3n) is 6.62. The Kier molecular flexibility index (Phi) is 8.76. The first kappa shape index (κ1) is 26.9. The van der Waals surface area contributed by atoms with Crippen LogP contribution >= 0.6 is 0 Å². The number of benzene rings is 3. The van der Waals surface area contributed by atoms with Crippen LogP contribution in [0.3, 0.4) is 0 Å². The van der Waals surface area contributed by atoms with Crippen LogP contribution in [0.4, 0.5) is 0 Å². The maximum Gasteiger partial charge on any atom is 0.336 e. The lowest BCUT2D eigenvalue weighted by Crippen LogP contribution is -2.17. The Morgan fingerprint density at radius 3 is 1.97 bits per heavy atom. The molecule has 8 heteroatoms. The predicted molar refractivity (Wildman–Crippen MR) is 142 cm³/mol. The number of esters is 1. The molecule has 1 aliphatic heterocycles. The fraction of sp³-hybridized carbons (Fsp3) is 0.300. The van der Waals surface area contributed by atoms with Crippen LogP contribution in [0.15, 0.2) is 60.7 Å². The second-order valence-corrected chi connectivity index (χ2v) is 9.14. The molecule has 200 valence electrons. The van der Waals surface area contributed by atoms with Crippen LogP contribution in [0.1, 0.15) is 16.7 Å². The van der Waals surface area contributed by atoms with Gasteiger partial charge in [-0.3, -0.25) is 0 Å². The van der Waals surface area contributed by atoms with Crippen molar-refractivity contribution in [2.24, 2.45) is 11.8 Å². The van der Waals surface area contributed by atoms with Crippen LogP contribution in [-0.4, -0.2) is 50.7 Å². The SMILES string of the molecule is COc1cc(/C=C/C(=O)Oc2ccc(C[C@H]3COC[C@@H]3Cc3ccc(O)c(OC)c3)cc2OC)ccc1O. The highest BCUT2D eigenvalue weighted by Gasteiger charge is 2.29. The molecule has 1 aliphatic rings. The number of aromatic hydroxyl groups is 2. The summed E-state index contributed by atoms with van der Waals surface area (Å²) in [4.78, 5) is 12.4. The van der Waals surface area contributed by atoms with Crippen LogP contribution in [0, 0.1) is 11.8 Å². The van der Waals surface area contributed by atoms with Crippen molar-refractivity contribution >= 4 is 12.0 Å². The largest absolute Gasteiger partial charge is 0.504 e. The molecule has 0 aliphatic carbocycles. The van der Waals surface area contributed by atoms with E-state index in [-0.39, 0.29) is 11.5 Å². The number of rotatable bonds is 10. The monoisotopic (exact) mass is 520 g/mol. The Balaban J connectivity index is 1.40. The standard InChI is InChI=1S/C30H32O8/c1-34-27-14-19(4-8-24(27)31)7-11-30(33)38-26-10-6-21(16-29(26)36-3)13-23-18-37-17-22(23)12-20-5-9-25(32)28(15-20)35-2/h4-11,14-16,22-23,31-32H,12-13,17-18H2,1-3H3/b11-7+/t22-,23-/m0/s1. The van der Waals surface area contributed by atoms with Gasteiger partial charge in [0.25, 0.3) is 0 Å². The van der Waals surface area contributed by atoms with E-state index in [2.05, 4.69) is 0 Å². The molecule has 1 saturated heterocycles. The average Bonchev–Trinajstić information content (AvgIpc) is 3.36. The third kappa shape index (κ3) is 6.58. The Labute approximate surface area is 222 Å². The van der Waals surface area contributed by atoms with Gasteiger partial charge in [-0.05, 0) is 83.8 Å². The first-order valence-corrected chi connectivity index (χ1v) is 12.3. The van der Waals surface area contributed by atoms with Crippen LogP contribution in [-0.2, 0) is 22.4 Å². The first-order valence-electron chi connectivity index (χ1n) is 12.3. The highest BCUT2D eigenvalue weighted by Crippen LogP contribution is 2.34. The molecule has 4 rings (SSSR count). The molecule has 0 amide bonds. The molecule has 1 heterocycles. The van der Waals surface area contributed by atoms with Gasteiger partial charge in [0, 0.05) is 6.08 Å². The maximum absolute atomic E-state index is 12.4. The lowest BCUT2D eigenvalue weighted by Gasteiger charge is -2.19. The van der Waals surface area contributed by atoms with Crippen LogP contribution < -0.4 is 18.9 Å². The number of hydrogen-bond acceptors (Lipinski definition) is 8. The summed E-state index contributed by atoms with van der Waals surface area (Å²) in [6.45, 7) is 1.33. The molecule has 2 atom stereocenters. The zero-order valence-corrected chi connectivity index (χ0v) is 21.7. The number of carbonyl (C=O) groups is 1. The van der Waals surface area contributed by atoms with Crippen molar-refractivity contribution < 1.29 is 38.7 Å². The molecule has 38 heavy (non-hydrogen) atoms. The molecular formula is C30H32O8.